The third kappa shape index (κ3) is 3.36. The van der Waals surface area contributed by atoms with Crippen LogP contribution in [0.5, 0.6) is 0 Å². The number of hydrogen-bond acceptors (Lipinski definition) is 4. The molecule has 5 nitrogen and oxygen atoms in total. The number of halogens is 2. The van der Waals surface area contributed by atoms with Crippen molar-refractivity contribution in [3.05, 3.63) is 62.9 Å². The average molecular weight is 373 g/mol. The molecule has 2 amide bonds. The molecule has 0 bridgehead atoms. The van der Waals surface area contributed by atoms with Crippen molar-refractivity contribution in [1.29, 1.82) is 5.26 Å². The van der Waals surface area contributed by atoms with E-state index in [1.54, 1.807) is 43.3 Å². The molecule has 1 aliphatic rings. The van der Waals surface area contributed by atoms with Gasteiger partial charge in [-0.3, -0.25) is 14.9 Å². The second-order valence-electron chi connectivity index (χ2n) is 5.31. The molecule has 3 rings (SSSR count). The van der Waals surface area contributed by atoms with E-state index in [1.165, 1.54) is 6.08 Å². The molecule has 0 saturated carbocycles. The number of carbonyl (C=O) groups excluding carboxylic acids is 2. The van der Waals surface area contributed by atoms with Crippen LogP contribution in [0.2, 0.25) is 10.0 Å². The van der Waals surface area contributed by atoms with Crippen LogP contribution < -0.4 is 5.32 Å². The second kappa shape index (κ2) is 6.60. The summed E-state index contributed by atoms with van der Waals surface area (Å²) in [5.41, 5.74) is 1.09. The van der Waals surface area contributed by atoms with Gasteiger partial charge in [0.2, 0.25) is 0 Å². The molecule has 1 N–H and O–H groups in total. The van der Waals surface area contributed by atoms with Crippen LogP contribution >= 0.6 is 23.2 Å². The van der Waals surface area contributed by atoms with Crippen LogP contribution in [-0.4, -0.2) is 11.8 Å². The third-order valence-corrected chi connectivity index (χ3v) is 4.09. The van der Waals surface area contributed by atoms with Gasteiger partial charge in [0.25, 0.3) is 11.8 Å². The van der Waals surface area contributed by atoms with Crippen LogP contribution in [0.3, 0.4) is 0 Å². The number of amides is 2. The van der Waals surface area contributed by atoms with Gasteiger partial charge >= 0.3 is 0 Å². The monoisotopic (exact) mass is 372 g/mol. The van der Waals surface area contributed by atoms with Crippen molar-refractivity contribution in [2.24, 2.45) is 0 Å². The zero-order chi connectivity index (χ0) is 18.1. The van der Waals surface area contributed by atoms with E-state index in [0.717, 1.165) is 0 Å². The number of hydrogen-bond donors (Lipinski definition) is 1. The fraction of sp³-hybridized carbons (Fsp3) is 0.0556. The van der Waals surface area contributed by atoms with Gasteiger partial charge in [0.1, 0.15) is 23.2 Å². The maximum Gasteiger partial charge on any atom is 0.269 e. The highest BCUT2D eigenvalue weighted by Gasteiger charge is 2.27. The van der Waals surface area contributed by atoms with Crippen LogP contribution in [0.1, 0.15) is 12.7 Å². The van der Waals surface area contributed by atoms with Gasteiger partial charge in [-0.25, -0.2) is 0 Å². The molecule has 1 aliphatic heterocycles. The maximum atomic E-state index is 12.0. The lowest BCUT2D eigenvalue weighted by Gasteiger charge is -2.15. The molecular formula is C18H10Cl2N2O3. The summed E-state index contributed by atoms with van der Waals surface area (Å²) in [5, 5.41) is 12.1. The zero-order valence-electron chi connectivity index (χ0n) is 12.9. The predicted molar refractivity (Wildman–Crippen MR) is 93.6 cm³/mol. The van der Waals surface area contributed by atoms with Crippen LogP contribution in [0, 0.1) is 11.3 Å². The van der Waals surface area contributed by atoms with Crippen molar-refractivity contribution in [2.75, 3.05) is 0 Å². The second-order valence-corrected chi connectivity index (χ2v) is 6.19. The third-order valence-electron chi connectivity index (χ3n) is 3.65. The first-order chi connectivity index (χ1) is 11.9. The van der Waals surface area contributed by atoms with Gasteiger partial charge in [-0.2, -0.15) is 5.26 Å². The number of nitriles is 1. The minimum atomic E-state index is -0.698. The van der Waals surface area contributed by atoms with Gasteiger partial charge in [0.15, 0.2) is 0 Å². The van der Waals surface area contributed by atoms with Crippen LogP contribution in [0.4, 0.5) is 0 Å². The van der Waals surface area contributed by atoms with Crippen LogP contribution in [0.25, 0.3) is 17.4 Å². The number of imide groups is 1. The molecule has 7 heteroatoms. The number of benzene rings is 1. The van der Waals surface area contributed by atoms with Crippen molar-refractivity contribution in [3.8, 4) is 17.4 Å². The molecule has 25 heavy (non-hydrogen) atoms. The van der Waals surface area contributed by atoms with E-state index in [0.29, 0.717) is 32.7 Å². The minimum absolute atomic E-state index is 0.0979. The predicted octanol–water partition coefficient (Wildman–Crippen LogP) is 4.13. The molecule has 0 aliphatic carbocycles. The van der Waals surface area contributed by atoms with E-state index in [1.807, 2.05) is 0 Å². The molecular weight excluding hydrogens is 363 g/mol. The SMILES string of the molecule is CC1=C(C#N)C(=O)NC(=O)/C1=C/c1ccc(-c2cc(Cl)cc(Cl)c2)o1. The lowest BCUT2D eigenvalue weighted by atomic mass is 9.96. The fourth-order valence-electron chi connectivity index (χ4n) is 2.44. The fourth-order valence-corrected chi connectivity index (χ4v) is 2.97. The highest BCUT2D eigenvalue weighted by atomic mass is 35.5. The summed E-state index contributed by atoms with van der Waals surface area (Å²) in [4.78, 5) is 23.6. The van der Waals surface area contributed by atoms with Crippen molar-refractivity contribution in [2.45, 2.75) is 6.92 Å². The highest BCUT2D eigenvalue weighted by Crippen LogP contribution is 2.30. The van der Waals surface area contributed by atoms with E-state index in [2.05, 4.69) is 5.32 Å². The Morgan fingerprint density at radius 1 is 1.12 bits per heavy atom. The summed E-state index contributed by atoms with van der Waals surface area (Å²) >= 11 is 12.0. The van der Waals surface area contributed by atoms with Crippen molar-refractivity contribution < 1.29 is 14.0 Å². The molecule has 2 heterocycles. The van der Waals surface area contributed by atoms with Gasteiger partial charge in [-0.05, 0) is 48.9 Å². The van der Waals surface area contributed by atoms with Crippen LogP contribution in [0.15, 0.2) is 51.5 Å². The Bertz CT molecular complexity index is 989. The zero-order valence-corrected chi connectivity index (χ0v) is 14.4. The topological polar surface area (TPSA) is 83.1 Å². The Hall–Kier alpha value is -2.81. The standard InChI is InChI=1S/C18H10Cl2N2O3/c1-9-14(17(23)22-18(24)15(9)8-21)7-13-2-3-16(25-13)10-4-11(19)6-12(20)5-10/h2-7H,1H3,(H,22,23,24)/b14-7+. The van der Waals surface area contributed by atoms with Gasteiger partial charge in [-0.1, -0.05) is 23.2 Å². The lowest BCUT2D eigenvalue weighted by Crippen LogP contribution is -2.37. The molecule has 0 saturated heterocycles. The molecule has 0 radical (unpaired) electrons. The molecule has 2 aromatic rings. The summed E-state index contributed by atoms with van der Waals surface area (Å²) in [6.45, 7) is 1.54. The summed E-state index contributed by atoms with van der Waals surface area (Å²) in [6, 6.07) is 10.2. The molecule has 0 fully saturated rings. The molecule has 0 unspecified atom stereocenters. The summed E-state index contributed by atoms with van der Waals surface area (Å²) in [7, 11) is 0. The largest absolute Gasteiger partial charge is 0.457 e. The molecule has 124 valence electrons. The summed E-state index contributed by atoms with van der Waals surface area (Å²) in [5.74, 6) is -0.367. The van der Waals surface area contributed by atoms with E-state index in [-0.39, 0.29) is 11.1 Å². The first-order valence-electron chi connectivity index (χ1n) is 7.14. The molecule has 1 aromatic carbocycles. The van der Waals surface area contributed by atoms with E-state index < -0.39 is 11.8 Å². The highest BCUT2D eigenvalue weighted by molar-refractivity contribution is 6.35. The number of carbonyl (C=O) groups is 2. The maximum absolute atomic E-state index is 12.0. The van der Waals surface area contributed by atoms with E-state index in [4.69, 9.17) is 32.9 Å². The molecule has 0 atom stereocenters. The smallest absolute Gasteiger partial charge is 0.269 e. The summed E-state index contributed by atoms with van der Waals surface area (Å²) in [6.07, 6.45) is 1.48. The quantitative estimate of drug-likeness (QED) is 0.634. The number of furan rings is 1. The van der Waals surface area contributed by atoms with E-state index in [9.17, 15) is 9.59 Å². The normalized spacial score (nSPS) is 16.2. The molecule has 1 aromatic heterocycles. The van der Waals surface area contributed by atoms with Gasteiger partial charge < -0.3 is 4.42 Å². The number of rotatable bonds is 2. The van der Waals surface area contributed by atoms with Gasteiger partial charge in [-0.15, -0.1) is 0 Å². The Labute approximate surface area is 153 Å². The first-order valence-corrected chi connectivity index (χ1v) is 7.89. The van der Waals surface area contributed by atoms with E-state index >= 15 is 0 Å². The van der Waals surface area contributed by atoms with Crippen molar-refractivity contribution in [1.82, 2.24) is 5.32 Å². The van der Waals surface area contributed by atoms with Gasteiger partial charge in [0, 0.05) is 21.2 Å². The Kier molecular flexibility index (Phi) is 4.49. The number of nitrogens with zero attached hydrogens (tertiary/aromatic N) is 1. The average Bonchev–Trinajstić information content (AvgIpc) is 2.99. The Morgan fingerprint density at radius 3 is 2.44 bits per heavy atom. The Morgan fingerprint density at radius 2 is 1.80 bits per heavy atom. The van der Waals surface area contributed by atoms with Gasteiger partial charge in [0.05, 0.1) is 0 Å². The van der Waals surface area contributed by atoms with Crippen LogP contribution in [-0.2, 0) is 9.59 Å². The lowest BCUT2D eigenvalue weighted by molar-refractivity contribution is -0.126. The Balaban J connectivity index is 2.02. The minimum Gasteiger partial charge on any atom is -0.457 e. The summed E-state index contributed by atoms with van der Waals surface area (Å²) < 4.78 is 5.71. The molecule has 0 spiro atoms. The first kappa shape index (κ1) is 17.0. The van der Waals surface area contributed by atoms with Crippen molar-refractivity contribution >= 4 is 41.1 Å². The van der Waals surface area contributed by atoms with Crippen molar-refractivity contribution in [3.63, 3.8) is 0 Å². The number of nitrogens with one attached hydrogen (secondary N) is 1.